The summed E-state index contributed by atoms with van der Waals surface area (Å²) in [6, 6.07) is 9.98. The van der Waals surface area contributed by atoms with Crippen molar-refractivity contribution in [3.05, 3.63) is 35.9 Å². The van der Waals surface area contributed by atoms with Gasteiger partial charge in [-0.25, -0.2) is 0 Å². The van der Waals surface area contributed by atoms with Gasteiger partial charge in [-0.15, -0.1) is 0 Å². The van der Waals surface area contributed by atoms with Gasteiger partial charge >= 0.3 is 5.97 Å². The van der Waals surface area contributed by atoms with Crippen molar-refractivity contribution in [2.24, 2.45) is 11.8 Å². The van der Waals surface area contributed by atoms with Crippen molar-refractivity contribution in [2.75, 3.05) is 0 Å². The highest BCUT2D eigenvalue weighted by atomic mass is 16.6. The molecule has 1 aliphatic carbocycles. The second-order valence-electron chi connectivity index (χ2n) is 6.22. The van der Waals surface area contributed by atoms with E-state index in [2.05, 4.69) is 6.92 Å². The Hall–Kier alpha value is -1.64. The van der Waals surface area contributed by atoms with Gasteiger partial charge in [0, 0.05) is 5.92 Å². The normalized spacial score (nSPS) is 26.7. The van der Waals surface area contributed by atoms with Gasteiger partial charge in [-0.2, -0.15) is 0 Å². The second-order valence-corrected chi connectivity index (χ2v) is 6.22. The smallest absolute Gasteiger partial charge is 0.317 e. The van der Waals surface area contributed by atoms with Crippen molar-refractivity contribution in [1.29, 1.82) is 0 Å². The van der Waals surface area contributed by atoms with E-state index in [9.17, 15) is 9.59 Å². The zero-order valence-corrected chi connectivity index (χ0v) is 12.5. The fourth-order valence-corrected chi connectivity index (χ4v) is 3.37. The lowest BCUT2D eigenvalue weighted by atomic mass is 9.79. The number of hydrogen-bond donors (Lipinski definition) is 0. The van der Waals surface area contributed by atoms with Gasteiger partial charge in [-0.05, 0) is 37.2 Å². The number of ether oxygens (including phenoxy) is 1. The third-order valence-electron chi connectivity index (χ3n) is 4.63. The van der Waals surface area contributed by atoms with E-state index < -0.39 is 12.0 Å². The minimum atomic E-state index is -0.582. The van der Waals surface area contributed by atoms with Gasteiger partial charge in [-0.1, -0.05) is 43.7 Å². The maximum absolute atomic E-state index is 12.6. The summed E-state index contributed by atoms with van der Waals surface area (Å²) >= 11 is 0. The quantitative estimate of drug-likeness (QED) is 0.594. The van der Waals surface area contributed by atoms with Crippen LogP contribution in [0.4, 0.5) is 0 Å². The molecule has 3 atom stereocenters. The monoisotopic (exact) mass is 286 g/mol. The molecule has 3 heteroatoms. The summed E-state index contributed by atoms with van der Waals surface area (Å²) in [4.78, 5) is 24.9. The topological polar surface area (TPSA) is 43.4 Å². The molecule has 21 heavy (non-hydrogen) atoms. The molecule has 112 valence electrons. The van der Waals surface area contributed by atoms with E-state index in [1.165, 1.54) is 0 Å². The van der Waals surface area contributed by atoms with E-state index in [-0.39, 0.29) is 17.7 Å². The number of unbranched alkanes of at least 4 members (excludes halogenated alkanes) is 1. The molecular formula is C18H22O3. The first-order valence-electron chi connectivity index (χ1n) is 8.01. The fraction of sp³-hybridized carbons (Fsp3) is 0.556. The van der Waals surface area contributed by atoms with E-state index in [4.69, 9.17) is 4.74 Å². The Labute approximate surface area is 125 Å². The van der Waals surface area contributed by atoms with Crippen molar-refractivity contribution >= 4 is 11.8 Å². The summed E-state index contributed by atoms with van der Waals surface area (Å²) < 4.78 is 5.38. The van der Waals surface area contributed by atoms with Gasteiger partial charge in [0.1, 0.15) is 5.92 Å². The molecule has 1 saturated heterocycles. The number of carbonyl (C=O) groups is 2. The minimum absolute atomic E-state index is 0.00852. The SMILES string of the molecule is CCCCC1OC(=O)C(C(c2ccccc2)C2CC2)C1=O. The van der Waals surface area contributed by atoms with E-state index in [1.807, 2.05) is 30.3 Å². The fourth-order valence-electron chi connectivity index (χ4n) is 3.37. The molecule has 3 unspecified atom stereocenters. The average molecular weight is 286 g/mol. The van der Waals surface area contributed by atoms with Crippen LogP contribution in [0.5, 0.6) is 0 Å². The number of ketones is 1. The number of carbonyl (C=O) groups excluding carboxylic acids is 2. The molecule has 3 rings (SSSR count). The molecule has 1 heterocycles. The molecule has 1 aromatic rings. The van der Waals surface area contributed by atoms with Crippen LogP contribution in [0.15, 0.2) is 30.3 Å². The Bertz CT molecular complexity index is 519. The third kappa shape index (κ3) is 2.87. The first-order chi connectivity index (χ1) is 10.2. The second kappa shape index (κ2) is 6.00. The third-order valence-corrected chi connectivity index (χ3v) is 4.63. The Balaban J connectivity index is 1.83. The summed E-state index contributed by atoms with van der Waals surface area (Å²) in [5, 5.41) is 0. The molecule has 3 nitrogen and oxygen atoms in total. The Morgan fingerprint density at radius 1 is 1.19 bits per heavy atom. The summed E-state index contributed by atoms with van der Waals surface area (Å²) in [5.74, 6) is -0.408. The van der Waals surface area contributed by atoms with Crippen LogP contribution in [-0.4, -0.2) is 17.9 Å². The van der Waals surface area contributed by atoms with Crippen LogP contribution < -0.4 is 0 Å². The van der Waals surface area contributed by atoms with Crippen molar-refractivity contribution < 1.29 is 14.3 Å². The number of esters is 1. The molecule has 1 saturated carbocycles. The maximum Gasteiger partial charge on any atom is 0.317 e. The van der Waals surface area contributed by atoms with Gasteiger partial charge in [0.05, 0.1) is 0 Å². The molecule has 2 fully saturated rings. The first-order valence-corrected chi connectivity index (χ1v) is 8.01. The zero-order valence-electron chi connectivity index (χ0n) is 12.5. The largest absolute Gasteiger partial charge is 0.454 e. The molecule has 0 N–H and O–H groups in total. The van der Waals surface area contributed by atoms with Crippen LogP contribution in [0.2, 0.25) is 0 Å². The predicted octanol–water partition coefficient (Wildman–Crippen LogP) is 3.48. The number of rotatable bonds is 6. The number of hydrogen-bond acceptors (Lipinski definition) is 3. The van der Waals surface area contributed by atoms with Crippen LogP contribution >= 0.6 is 0 Å². The first kappa shape index (κ1) is 14.3. The molecule has 0 aromatic heterocycles. The van der Waals surface area contributed by atoms with Crippen molar-refractivity contribution in [3.8, 4) is 0 Å². The predicted molar refractivity (Wildman–Crippen MR) is 79.8 cm³/mol. The summed E-state index contributed by atoms with van der Waals surface area (Å²) in [6.45, 7) is 2.08. The van der Waals surface area contributed by atoms with Crippen molar-refractivity contribution in [3.63, 3.8) is 0 Å². The zero-order chi connectivity index (χ0) is 14.8. The molecule has 2 aliphatic rings. The van der Waals surface area contributed by atoms with E-state index in [1.54, 1.807) is 0 Å². The van der Waals surface area contributed by atoms with Crippen LogP contribution in [0.25, 0.3) is 0 Å². The van der Waals surface area contributed by atoms with E-state index >= 15 is 0 Å². The average Bonchev–Trinajstić information content (AvgIpc) is 3.29. The van der Waals surface area contributed by atoms with Gasteiger partial charge in [0.15, 0.2) is 11.9 Å². The standard InChI is InChI=1S/C18H22O3/c1-2-3-9-14-17(19)16(18(20)21-14)15(13-10-11-13)12-7-5-4-6-8-12/h4-8,13-16H,2-3,9-11H2,1H3. The molecule has 1 aromatic carbocycles. The maximum atomic E-state index is 12.6. The molecule has 0 spiro atoms. The van der Waals surface area contributed by atoms with E-state index in [0.29, 0.717) is 12.3 Å². The number of cyclic esters (lactones) is 1. The lowest BCUT2D eigenvalue weighted by Gasteiger charge is -2.20. The highest BCUT2D eigenvalue weighted by Gasteiger charge is 2.51. The molecule has 0 radical (unpaired) electrons. The Morgan fingerprint density at radius 2 is 1.90 bits per heavy atom. The number of Topliss-reactive ketones (excluding diaryl/α,β-unsaturated/α-hetero) is 1. The van der Waals surface area contributed by atoms with Crippen LogP contribution in [0.3, 0.4) is 0 Å². The summed E-state index contributed by atoms with van der Waals surface area (Å²) in [5.41, 5.74) is 1.10. The highest BCUT2D eigenvalue weighted by molar-refractivity contribution is 6.07. The van der Waals surface area contributed by atoms with Gasteiger partial charge in [0.25, 0.3) is 0 Å². The molecular weight excluding hydrogens is 264 g/mol. The van der Waals surface area contributed by atoms with Crippen LogP contribution in [0, 0.1) is 11.8 Å². The van der Waals surface area contributed by atoms with Crippen molar-refractivity contribution in [2.45, 2.75) is 51.0 Å². The van der Waals surface area contributed by atoms with Crippen LogP contribution in [0.1, 0.15) is 50.5 Å². The summed E-state index contributed by atoms with van der Waals surface area (Å²) in [6.07, 6.45) is 4.32. The molecule has 1 aliphatic heterocycles. The Morgan fingerprint density at radius 3 is 2.52 bits per heavy atom. The molecule has 0 bridgehead atoms. The Kier molecular flexibility index (Phi) is 4.09. The van der Waals surface area contributed by atoms with Gasteiger partial charge < -0.3 is 4.74 Å². The molecule has 0 amide bonds. The van der Waals surface area contributed by atoms with Gasteiger partial charge in [0.2, 0.25) is 0 Å². The highest BCUT2D eigenvalue weighted by Crippen LogP contribution is 2.49. The number of benzene rings is 1. The van der Waals surface area contributed by atoms with Gasteiger partial charge in [-0.3, -0.25) is 9.59 Å². The van der Waals surface area contributed by atoms with Crippen LogP contribution in [-0.2, 0) is 14.3 Å². The summed E-state index contributed by atoms with van der Waals surface area (Å²) in [7, 11) is 0. The minimum Gasteiger partial charge on any atom is -0.454 e. The lowest BCUT2D eigenvalue weighted by molar-refractivity contribution is -0.145. The lowest BCUT2D eigenvalue weighted by Crippen LogP contribution is -2.27. The van der Waals surface area contributed by atoms with Crippen molar-refractivity contribution in [1.82, 2.24) is 0 Å². The van der Waals surface area contributed by atoms with E-state index in [0.717, 1.165) is 31.2 Å².